The normalized spacial score (nSPS) is 27.9. The summed E-state index contributed by atoms with van der Waals surface area (Å²) in [4.78, 5) is 6.49. The van der Waals surface area contributed by atoms with Gasteiger partial charge in [-0.25, -0.2) is 0 Å². The van der Waals surface area contributed by atoms with Crippen LogP contribution in [0.25, 0.3) is 10.9 Å². The van der Waals surface area contributed by atoms with Crippen LogP contribution in [0.4, 0.5) is 0 Å². The zero-order valence-corrected chi connectivity index (χ0v) is 13.7. The first-order valence-electron chi connectivity index (χ1n) is 7.96. The highest BCUT2D eigenvalue weighted by Crippen LogP contribution is 2.55. The Morgan fingerprint density at radius 3 is 2.90 bits per heavy atom. The van der Waals surface area contributed by atoms with Crippen molar-refractivity contribution in [2.24, 2.45) is 0 Å². The Kier molecular flexibility index (Phi) is 2.89. The highest BCUT2D eigenvalue weighted by molar-refractivity contribution is 8.21. The topological polar surface area (TPSA) is 19.0 Å². The number of hydrogen-bond donors (Lipinski definition) is 1. The molecule has 1 unspecified atom stereocenters. The lowest BCUT2D eigenvalue weighted by atomic mass is 9.90. The fourth-order valence-corrected chi connectivity index (χ4v) is 7.60. The van der Waals surface area contributed by atoms with Gasteiger partial charge < -0.3 is 4.98 Å². The van der Waals surface area contributed by atoms with Gasteiger partial charge in [0.15, 0.2) is 0 Å². The Morgan fingerprint density at radius 1 is 1.14 bits per heavy atom. The Balaban J connectivity index is 1.60. The number of benzene rings is 1. The maximum absolute atomic E-state index is 3.76. The molecule has 1 spiro atoms. The molecule has 4 heteroatoms. The van der Waals surface area contributed by atoms with Crippen molar-refractivity contribution in [1.82, 2.24) is 9.88 Å². The summed E-state index contributed by atoms with van der Waals surface area (Å²) in [5, 5.41) is 1.46. The molecule has 1 N–H and O–H groups in total. The predicted molar refractivity (Wildman–Crippen MR) is 93.2 cm³/mol. The monoisotopic (exact) mass is 316 g/mol. The molecule has 1 aromatic carbocycles. The first kappa shape index (κ1) is 12.9. The van der Waals surface area contributed by atoms with Crippen LogP contribution in [0.1, 0.15) is 30.1 Å². The second kappa shape index (κ2) is 4.71. The number of para-hydroxylation sites is 1. The summed E-state index contributed by atoms with van der Waals surface area (Å²) >= 11 is 4.45. The van der Waals surface area contributed by atoms with Gasteiger partial charge in [0, 0.05) is 41.2 Å². The number of rotatable bonds is 0. The number of H-pyrrole nitrogens is 1. The van der Waals surface area contributed by atoms with Crippen molar-refractivity contribution >= 4 is 34.4 Å². The fraction of sp³-hybridized carbons (Fsp3) is 0.529. The lowest BCUT2D eigenvalue weighted by Gasteiger charge is -2.46. The molecule has 0 saturated carbocycles. The molecule has 0 bridgehead atoms. The second-order valence-corrected chi connectivity index (χ2v) is 9.64. The summed E-state index contributed by atoms with van der Waals surface area (Å²) in [6.45, 7) is 2.52. The van der Waals surface area contributed by atoms with Gasteiger partial charge in [-0.2, -0.15) is 0 Å². The van der Waals surface area contributed by atoms with Gasteiger partial charge in [-0.15, -0.1) is 23.5 Å². The van der Waals surface area contributed by atoms with Gasteiger partial charge in [0.05, 0.1) is 10.1 Å². The summed E-state index contributed by atoms with van der Waals surface area (Å²) in [5.74, 6) is 2.69. The molecule has 2 nitrogen and oxygen atoms in total. The Bertz CT molecular complexity index is 687. The van der Waals surface area contributed by atoms with E-state index >= 15 is 0 Å². The van der Waals surface area contributed by atoms with Crippen LogP contribution >= 0.6 is 23.5 Å². The Morgan fingerprint density at radius 2 is 2.00 bits per heavy atom. The third-order valence-electron chi connectivity index (χ3n) is 5.37. The van der Waals surface area contributed by atoms with Crippen LogP contribution in [0.2, 0.25) is 0 Å². The summed E-state index contributed by atoms with van der Waals surface area (Å²) in [6.07, 6.45) is 3.90. The number of nitrogens with one attached hydrogen (secondary N) is 1. The highest BCUT2D eigenvalue weighted by Gasteiger charge is 2.45. The van der Waals surface area contributed by atoms with E-state index in [1.807, 2.05) is 0 Å². The van der Waals surface area contributed by atoms with Crippen LogP contribution < -0.4 is 0 Å². The lowest BCUT2D eigenvalue weighted by Crippen LogP contribution is -2.45. The molecule has 0 aliphatic carbocycles. The van der Waals surface area contributed by atoms with Crippen LogP contribution in [0.3, 0.4) is 0 Å². The molecule has 0 radical (unpaired) electrons. The van der Waals surface area contributed by atoms with Crippen LogP contribution in [0, 0.1) is 0 Å². The minimum atomic E-state index is 0.507. The van der Waals surface area contributed by atoms with Gasteiger partial charge in [-0.1, -0.05) is 18.2 Å². The van der Waals surface area contributed by atoms with E-state index in [9.17, 15) is 0 Å². The van der Waals surface area contributed by atoms with E-state index in [0.29, 0.717) is 10.1 Å². The molecule has 5 rings (SSSR count). The molecule has 0 amide bonds. The van der Waals surface area contributed by atoms with Gasteiger partial charge in [0.25, 0.3) is 0 Å². The number of hydrogen-bond acceptors (Lipinski definition) is 3. The molecule has 2 fully saturated rings. The third-order valence-corrected chi connectivity index (χ3v) is 8.94. The van der Waals surface area contributed by atoms with Crippen molar-refractivity contribution in [3.63, 3.8) is 0 Å². The molecule has 2 saturated heterocycles. The fourth-order valence-electron chi connectivity index (χ4n) is 4.34. The maximum atomic E-state index is 3.76. The Labute approximate surface area is 134 Å². The van der Waals surface area contributed by atoms with Crippen LogP contribution in [-0.4, -0.2) is 38.6 Å². The van der Waals surface area contributed by atoms with Crippen molar-refractivity contribution in [2.75, 3.05) is 24.6 Å². The number of aromatic nitrogens is 1. The van der Waals surface area contributed by atoms with E-state index in [4.69, 9.17) is 0 Å². The highest BCUT2D eigenvalue weighted by atomic mass is 32.2. The standard InChI is InChI=1S/C17H20N2S2/c1-2-4-14-12(3-1)13-5-7-19-8-6-17(20-9-10-21-17)11-15(19)16(13)18-14/h1-4,15,18H,5-11H2. The number of nitrogens with zero attached hydrogens (tertiary/aromatic N) is 1. The van der Waals surface area contributed by atoms with Gasteiger partial charge in [0.1, 0.15) is 0 Å². The SMILES string of the molecule is c1ccc2c3c([nH]c2c1)C1CC2(CCN1CC3)SCCS2. The van der Waals surface area contributed by atoms with Gasteiger partial charge in [-0.3, -0.25) is 4.90 Å². The largest absolute Gasteiger partial charge is 0.357 e. The van der Waals surface area contributed by atoms with Crippen LogP contribution in [0.15, 0.2) is 24.3 Å². The summed E-state index contributed by atoms with van der Waals surface area (Å²) in [5.41, 5.74) is 4.45. The van der Waals surface area contributed by atoms with E-state index < -0.39 is 0 Å². The average Bonchev–Trinajstić information content (AvgIpc) is 3.12. The molecular weight excluding hydrogens is 296 g/mol. The van der Waals surface area contributed by atoms with Crippen LogP contribution in [-0.2, 0) is 6.42 Å². The van der Waals surface area contributed by atoms with Gasteiger partial charge >= 0.3 is 0 Å². The van der Waals surface area contributed by atoms with Crippen molar-refractivity contribution < 1.29 is 0 Å². The molecule has 3 aliphatic rings. The molecule has 1 atom stereocenters. The molecule has 21 heavy (non-hydrogen) atoms. The number of thioether (sulfide) groups is 2. The van der Waals surface area contributed by atoms with E-state index in [1.54, 1.807) is 5.56 Å². The lowest BCUT2D eigenvalue weighted by molar-refractivity contribution is 0.134. The summed E-state index contributed by atoms with van der Waals surface area (Å²) in [6, 6.07) is 9.46. The van der Waals surface area contributed by atoms with E-state index in [2.05, 4.69) is 57.7 Å². The predicted octanol–water partition coefficient (Wildman–Crippen LogP) is 4.04. The minimum Gasteiger partial charge on any atom is -0.357 e. The second-order valence-electron chi connectivity index (χ2n) is 6.43. The zero-order valence-electron chi connectivity index (χ0n) is 12.1. The minimum absolute atomic E-state index is 0.507. The first-order chi connectivity index (χ1) is 10.3. The van der Waals surface area contributed by atoms with E-state index in [1.165, 1.54) is 60.5 Å². The molecule has 110 valence electrons. The van der Waals surface area contributed by atoms with Crippen molar-refractivity contribution in [3.05, 3.63) is 35.5 Å². The van der Waals surface area contributed by atoms with Crippen molar-refractivity contribution in [2.45, 2.75) is 29.4 Å². The third kappa shape index (κ3) is 1.92. The quantitative estimate of drug-likeness (QED) is 0.791. The molecule has 3 aliphatic heterocycles. The first-order valence-corrected chi connectivity index (χ1v) is 9.93. The molecule has 4 heterocycles. The Hall–Kier alpha value is -0.580. The van der Waals surface area contributed by atoms with Crippen molar-refractivity contribution in [3.8, 4) is 0 Å². The van der Waals surface area contributed by atoms with E-state index in [-0.39, 0.29) is 0 Å². The van der Waals surface area contributed by atoms with Crippen LogP contribution in [0.5, 0.6) is 0 Å². The maximum Gasteiger partial charge on any atom is 0.0642 e. The summed E-state index contributed by atoms with van der Waals surface area (Å²) in [7, 11) is 0. The zero-order chi connectivity index (χ0) is 13.9. The molecule has 2 aromatic rings. The molecule has 1 aromatic heterocycles. The number of fused-ring (bicyclic) bond motifs is 5. The average molecular weight is 316 g/mol. The van der Waals surface area contributed by atoms with Crippen molar-refractivity contribution in [1.29, 1.82) is 0 Å². The smallest absolute Gasteiger partial charge is 0.0642 e. The number of piperidine rings is 1. The van der Waals surface area contributed by atoms with E-state index in [0.717, 1.165) is 0 Å². The molecular formula is C17H20N2S2. The van der Waals surface area contributed by atoms with Gasteiger partial charge in [-0.05, 0) is 30.9 Å². The summed E-state index contributed by atoms with van der Waals surface area (Å²) < 4.78 is 0.507. The van der Waals surface area contributed by atoms with Gasteiger partial charge in [0.2, 0.25) is 0 Å². The number of aromatic amines is 1.